The second-order valence-corrected chi connectivity index (χ2v) is 14.3. The monoisotopic (exact) mass is 690 g/mol. The Balaban J connectivity index is 1.31. The number of ether oxygens (including phenoxy) is 2. The number of rotatable bonds is 15. The zero-order valence-electron chi connectivity index (χ0n) is 31.6. The predicted octanol–water partition coefficient (Wildman–Crippen LogP) is 12.3. The van der Waals surface area contributed by atoms with Gasteiger partial charge in [-0.15, -0.1) is 0 Å². The van der Waals surface area contributed by atoms with Crippen LogP contribution < -0.4 is 9.47 Å². The summed E-state index contributed by atoms with van der Waals surface area (Å²) < 4.78 is 13.1. The van der Waals surface area contributed by atoms with Crippen LogP contribution in [0.3, 0.4) is 0 Å². The average molecular weight is 691 g/mol. The van der Waals surface area contributed by atoms with Gasteiger partial charge in [-0.05, 0) is 80.5 Å². The second-order valence-electron chi connectivity index (χ2n) is 14.3. The summed E-state index contributed by atoms with van der Waals surface area (Å²) >= 11 is 0. The topological polar surface area (TPSA) is 52.6 Å². The van der Waals surface area contributed by atoms with Crippen molar-refractivity contribution in [1.82, 2.24) is 0 Å². The molecule has 0 amide bonds. The third-order valence-electron chi connectivity index (χ3n) is 9.94. The lowest BCUT2D eigenvalue weighted by atomic mass is 9.80. The molecular formula is C48H50O4. The Morgan fingerprint density at radius 2 is 1.19 bits per heavy atom. The maximum Gasteiger partial charge on any atom is 0.193 e. The van der Waals surface area contributed by atoms with Crippen molar-refractivity contribution in [1.29, 1.82) is 0 Å². The van der Waals surface area contributed by atoms with Gasteiger partial charge < -0.3 is 9.47 Å². The number of hydrogen-bond acceptors (Lipinski definition) is 4. The number of carbonyl (C=O) groups excluding carboxylic acids is 2. The van der Waals surface area contributed by atoms with E-state index in [2.05, 4.69) is 53.3 Å². The molecule has 0 aromatic heterocycles. The molecule has 0 spiro atoms. The Morgan fingerprint density at radius 3 is 1.69 bits per heavy atom. The molecule has 5 aromatic rings. The van der Waals surface area contributed by atoms with E-state index in [1.165, 1.54) is 5.56 Å². The lowest BCUT2D eigenvalue weighted by Gasteiger charge is -2.31. The van der Waals surface area contributed by atoms with Crippen molar-refractivity contribution in [3.05, 3.63) is 178 Å². The van der Waals surface area contributed by atoms with Crippen molar-refractivity contribution >= 4 is 23.4 Å². The van der Waals surface area contributed by atoms with Crippen molar-refractivity contribution in [3.8, 4) is 11.5 Å². The van der Waals surface area contributed by atoms with Crippen LogP contribution in [0.1, 0.15) is 120 Å². The van der Waals surface area contributed by atoms with Crippen molar-refractivity contribution in [2.45, 2.75) is 78.7 Å². The van der Waals surface area contributed by atoms with Crippen LogP contribution in [0.2, 0.25) is 0 Å². The van der Waals surface area contributed by atoms with Gasteiger partial charge >= 0.3 is 0 Å². The quantitative estimate of drug-likeness (QED) is 0.0810. The molecule has 0 saturated heterocycles. The van der Waals surface area contributed by atoms with Crippen molar-refractivity contribution in [2.24, 2.45) is 0 Å². The van der Waals surface area contributed by atoms with E-state index in [0.717, 1.165) is 35.1 Å². The van der Waals surface area contributed by atoms with Gasteiger partial charge in [0.1, 0.15) is 22.9 Å². The highest BCUT2D eigenvalue weighted by atomic mass is 16.5. The fraction of sp³-hybridized carbons (Fsp3) is 0.250. The highest BCUT2D eigenvalue weighted by Crippen LogP contribution is 2.37. The molecule has 52 heavy (non-hydrogen) atoms. The minimum absolute atomic E-state index is 0.00912. The van der Waals surface area contributed by atoms with Crippen molar-refractivity contribution in [2.75, 3.05) is 0 Å². The molecule has 5 aromatic carbocycles. The standard InChI is InChI=1S/C48H50O4/c1-9-13-43-42(34(5)51-41-30-24-38(25-31-41)46(50)36-20-26-39(27-21-36)47(6,7)32-10-2)14-12-15-44(43)52-48(8,11-3)40-28-22-37(23-29-40)45(49)35-18-16-33(4)17-19-35/h9,12-31H,5,10-11,32H2,1-4,6-8H3/b13-9-. The van der Waals surface area contributed by atoms with Gasteiger partial charge in [-0.3, -0.25) is 9.59 Å². The summed E-state index contributed by atoms with van der Waals surface area (Å²) in [7, 11) is 0. The Kier molecular flexibility index (Phi) is 11.8. The van der Waals surface area contributed by atoms with Gasteiger partial charge in [0, 0.05) is 33.4 Å². The van der Waals surface area contributed by atoms with E-state index in [-0.39, 0.29) is 17.0 Å². The summed E-state index contributed by atoms with van der Waals surface area (Å²) in [6.07, 6.45) is 6.85. The molecule has 266 valence electrons. The maximum absolute atomic E-state index is 13.3. The summed E-state index contributed by atoms with van der Waals surface area (Å²) in [5.74, 6) is 1.69. The maximum atomic E-state index is 13.3. The molecular weight excluding hydrogens is 641 g/mol. The molecule has 1 atom stereocenters. The molecule has 4 heteroatoms. The van der Waals surface area contributed by atoms with Crippen LogP contribution in [0, 0.1) is 6.92 Å². The van der Waals surface area contributed by atoms with Crippen LogP contribution in [0.15, 0.2) is 128 Å². The first kappa shape index (κ1) is 37.8. The van der Waals surface area contributed by atoms with Gasteiger partial charge in [0.05, 0.1) is 0 Å². The Morgan fingerprint density at radius 1 is 0.692 bits per heavy atom. The Hall–Kier alpha value is -5.48. The van der Waals surface area contributed by atoms with Gasteiger partial charge in [-0.25, -0.2) is 0 Å². The molecule has 5 rings (SSSR count). The Labute approximate surface area is 309 Å². The minimum Gasteiger partial charge on any atom is -0.482 e. The third kappa shape index (κ3) is 8.51. The number of carbonyl (C=O) groups is 2. The van der Waals surface area contributed by atoms with Gasteiger partial charge in [-0.2, -0.15) is 0 Å². The largest absolute Gasteiger partial charge is 0.482 e. The molecule has 1 unspecified atom stereocenters. The van der Waals surface area contributed by atoms with Gasteiger partial charge in [0.15, 0.2) is 11.6 Å². The summed E-state index contributed by atoms with van der Waals surface area (Å²) in [5, 5.41) is 0. The molecule has 4 nitrogen and oxygen atoms in total. The molecule has 0 heterocycles. The highest BCUT2D eigenvalue weighted by Gasteiger charge is 2.29. The van der Waals surface area contributed by atoms with Crippen molar-refractivity contribution in [3.63, 3.8) is 0 Å². The third-order valence-corrected chi connectivity index (χ3v) is 9.94. The van der Waals surface area contributed by atoms with E-state index in [1.807, 2.05) is 105 Å². The van der Waals surface area contributed by atoms with E-state index in [1.54, 1.807) is 24.3 Å². The summed E-state index contributed by atoms with van der Waals surface area (Å²) in [6, 6.07) is 36.3. The highest BCUT2D eigenvalue weighted by molar-refractivity contribution is 6.09. The second kappa shape index (κ2) is 16.2. The average Bonchev–Trinajstić information content (AvgIpc) is 3.15. The fourth-order valence-corrected chi connectivity index (χ4v) is 6.52. The number of allylic oxidation sites excluding steroid dienone is 1. The van der Waals surface area contributed by atoms with Gasteiger partial charge in [-0.1, -0.05) is 143 Å². The van der Waals surface area contributed by atoms with Crippen LogP contribution in [0.5, 0.6) is 11.5 Å². The van der Waals surface area contributed by atoms with E-state index in [4.69, 9.17) is 9.47 Å². The van der Waals surface area contributed by atoms with Gasteiger partial charge in [0.25, 0.3) is 0 Å². The summed E-state index contributed by atoms with van der Waals surface area (Å²) in [6.45, 7) is 19.1. The molecule has 0 fully saturated rings. The van der Waals surface area contributed by atoms with Gasteiger partial charge in [0.2, 0.25) is 0 Å². The van der Waals surface area contributed by atoms with Crippen LogP contribution in [-0.2, 0) is 11.0 Å². The smallest absolute Gasteiger partial charge is 0.193 e. The summed E-state index contributed by atoms with van der Waals surface area (Å²) in [5.41, 5.74) is 6.91. The molecule has 0 bridgehead atoms. The van der Waals surface area contributed by atoms with Crippen LogP contribution in [-0.4, -0.2) is 11.6 Å². The van der Waals surface area contributed by atoms with E-state index in [0.29, 0.717) is 45.9 Å². The molecule has 0 aliphatic rings. The predicted molar refractivity (Wildman–Crippen MR) is 214 cm³/mol. The first-order valence-corrected chi connectivity index (χ1v) is 18.2. The molecule has 0 radical (unpaired) electrons. The number of benzene rings is 5. The normalized spacial score (nSPS) is 12.7. The zero-order chi connectivity index (χ0) is 37.5. The fourth-order valence-electron chi connectivity index (χ4n) is 6.52. The van der Waals surface area contributed by atoms with E-state index >= 15 is 0 Å². The van der Waals surface area contributed by atoms with E-state index in [9.17, 15) is 9.59 Å². The zero-order valence-corrected chi connectivity index (χ0v) is 31.6. The first-order chi connectivity index (χ1) is 24.9. The van der Waals surface area contributed by atoms with Crippen LogP contribution >= 0.6 is 0 Å². The van der Waals surface area contributed by atoms with E-state index < -0.39 is 5.60 Å². The number of ketones is 2. The lowest BCUT2D eigenvalue weighted by molar-refractivity contribution is 0.0821. The summed E-state index contributed by atoms with van der Waals surface area (Å²) in [4.78, 5) is 26.4. The number of aryl methyl sites for hydroxylation is 1. The Bertz CT molecular complexity index is 2050. The molecule has 0 aliphatic heterocycles. The number of hydrogen-bond donors (Lipinski definition) is 0. The molecule has 0 saturated carbocycles. The lowest BCUT2D eigenvalue weighted by Crippen LogP contribution is -2.29. The van der Waals surface area contributed by atoms with Crippen molar-refractivity contribution < 1.29 is 19.1 Å². The van der Waals surface area contributed by atoms with Crippen LogP contribution in [0.4, 0.5) is 0 Å². The SMILES string of the molecule is C=C(Oc1ccc(C(=O)c2ccc(C(C)(C)CCC)cc2)cc1)c1cccc(OC(C)(CC)c2ccc(C(=O)c3ccc(C)cc3)cc2)c1/C=C\C. The molecule has 0 aliphatic carbocycles. The molecule has 0 N–H and O–H groups in total. The first-order valence-electron chi connectivity index (χ1n) is 18.2. The van der Waals surface area contributed by atoms with Crippen LogP contribution in [0.25, 0.3) is 11.8 Å². The minimum atomic E-state index is -0.670.